The van der Waals surface area contributed by atoms with Gasteiger partial charge >= 0.3 is 5.97 Å². The van der Waals surface area contributed by atoms with Gasteiger partial charge in [-0.1, -0.05) is 35.4 Å². The topological polar surface area (TPSA) is 66.4 Å². The summed E-state index contributed by atoms with van der Waals surface area (Å²) in [5, 5.41) is 12.0. The van der Waals surface area contributed by atoms with E-state index >= 15 is 0 Å². The Hall–Kier alpha value is -1.89. The lowest BCUT2D eigenvalue weighted by atomic mass is 10.0. The number of carbonyl (C=O) groups is 2. The molecule has 1 atom stereocenters. The zero-order valence-corrected chi connectivity index (χ0v) is 15.1. The number of carboxylic acids is 1. The summed E-state index contributed by atoms with van der Waals surface area (Å²) < 4.78 is 0.983. The van der Waals surface area contributed by atoms with Crippen LogP contribution < -0.4 is 5.32 Å². The third-order valence-electron chi connectivity index (χ3n) is 3.47. The van der Waals surface area contributed by atoms with Gasteiger partial charge in [0.15, 0.2) is 0 Å². The normalized spacial score (nSPS) is 11.8. The van der Waals surface area contributed by atoms with Gasteiger partial charge in [0.25, 0.3) is 5.91 Å². The van der Waals surface area contributed by atoms with Crippen molar-refractivity contribution in [2.45, 2.75) is 26.3 Å². The smallest absolute Gasteiger partial charge is 0.326 e. The Morgan fingerprint density at radius 1 is 1.13 bits per heavy atom. The molecule has 0 unspecified atom stereocenters. The van der Waals surface area contributed by atoms with Crippen molar-refractivity contribution in [3.63, 3.8) is 0 Å². The molecule has 0 radical (unpaired) electrons. The number of hydrogen-bond acceptors (Lipinski definition) is 2. The zero-order valence-electron chi connectivity index (χ0n) is 13.0. The maximum Gasteiger partial charge on any atom is 0.326 e. The highest BCUT2D eigenvalue weighted by Crippen LogP contribution is 2.14. The quantitative estimate of drug-likeness (QED) is 0.726. The van der Waals surface area contributed by atoms with E-state index in [4.69, 9.17) is 0 Å². The highest BCUT2D eigenvalue weighted by Gasteiger charge is 2.22. The van der Waals surface area contributed by atoms with Crippen LogP contribution in [-0.2, 0) is 11.2 Å². The Kier molecular flexibility index (Phi) is 5.76. The third-order valence-corrected chi connectivity index (χ3v) is 4.52. The maximum atomic E-state index is 12.4. The third kappa shape index (κ3) is 4.79. The monoisotopic (exact) mass is 423 g/mol. The predicted octanol–water partition coefficient (Wildman–Crippen LogP) is 3.33. The number of aliphatic carboxylic acids is 1. The SMILES string of the molecule is Cc1cc(C)cc(C(=O)N[C@H](Cc2ccccc2I)C(=O)O)c1. The van der Waals surface area contributed by atoms with Crippen molar-refractivity contribution in [1.82, 2.24) is 5.32 Å². The lowest BCUT2D eigenvalue weighted by Gasteiger charge is -2.16. The molecular formula is C18H18INO3. The first-order chi connectivity index (χ1) is 10.9. The van der Waals surface area contributed by atoms with Gasteiger partial charge in [-0.05, 0) is 60.2 Å². The Labute approximate surface area is 149 Å². The van der Waals surface area contributed by atoms with E-state index in [2.05, 4.69) is 27.9 Å². The molecule has 1 amide bonds. The van der Waals surface area contributed by atoms with Gasteiger partial charge in [-0.25, -0.2) is 4.79 Å². The van der Waals surface area contributed by atoms with Crippen molar-refractivity contribution in [2.75, 3.05) is 0 Å². The van der Waals surface area contributed by atoms with E-state index in [0.717, 1.165) is 20.3 Å². The number of carbonyl (C=O) groups excluding carboxylic acids is 1. The highest BCUT2D eigenvalue weighted by molar-refractivity contribution is 14.1. The molecule has 0 aliphatic carbocycles. The van der Waals surface area contributed by atoms with Crippen LogP contribution in [0, 0.1) is 17.4 Å². The summed E-state index contributed by atoms with van der Waals surface area (Å²) in [5.41, 5.74) is 3.33. The van der Waals surface area contributed by atoms with E-state index in [1.807, 2.05) is 44.2 Å². The largest absolute Gasteiger partial charge is 0.480 e. The van der Waals surface area contributed by atoms with Gasteiger partial charge < -0.3 is 10.4 Å². The second-order valence-electron chi connectivity index (χ2n) is 5.54. The average Bonchev–Trinajstić information content (AvgIpc) is 2.47. The van der Waals surface area contributed by atoms with Crippen molar-refractivity contribution < 1.29 is 14.7 Å². The first kappa shape index (κ1) is 17.5. The minimum Gasteiger partial charge on any atom is -0.480 e. The second kappa shape index (κ2) is 7.59. The van der Waals surface area contributed by atoms with Gasteiger partial charge in [-0.2, -0.15) is 0 Å². The molecule has 4 nitrogen and oxygen atoms in total. The molecule has 0 fully saturated rings. The van der Waals surface area contributed by atoms with Gasteiger partial charge in [0.2, 0.25) is 0 Å². The van der Waals surface area contributed by atoms with Crippen LogP contribution in [0.4, 0.5) is 0 Å². The molecule has 0 heterocycles. The van der Waals surface area contributed by atoms with E-state index in [-0.39, 0.29) is 12.3 Å². The molecule has 2 N–H and O–H groups in total. The van der Waals surface area contributed by atoms with Gasteiger partial charge in [-0.3, -0.25) is 4.79 Å². The van der Waals surface area contributed by atoms with E-state index in [1.165, 1.54) is 0 Å². The molecule has 5 heteroatoms. The molecule has 0 saturated carbocycles. The van der Waals surface area contributed by atoms with Gasteiger partial charge in [-0.15, -0.1) is 0 Å². The Bertz CT molecular complexity index is 723. The summed E-state index contributed by atoms with van der Waals surface area (Å²) in [5.74, 6) is -1.41. The Morgan fingerprint density at radius 3 is 2.30 bits per heavy atom. The summed E-state index contributed by atoms with van der Waals surface area (Å²) in [7, 11) is 0. The number of rotatable bonds is 5. The predicted molar refractivity (Wildman–Crippen MR) is 97.7 cm³/mol. The van der Waals surface area contributed by atoms with E-state index in [9.17, 15) is 14.7 Å². The first-order valence-electron chi connectivity index (χ1n) is 7.22. The van der Waals surface area contributed by atoms with Gasteiger partial charge in [0.05, 0.1) is 0 Å². The average molecular weight is 423 g/mol. The molecule has 0 spiro atoms. The Balaban J connectivity index is 2.18. The zero-order chi connectivity index (χ0) is 17.0. The molecule has 2 aromatic carbocycles. The van der Waals surface area contributed by atoms with E-state index in [1.54, 1.807) is 12.1 Å². The Morgan fingerprint density at radius 2 is 1.74 bits per heavy atom. The fourth-order valence-corrected chi connectivity index (χ4v) is 3.04. The number of benzene rings is 2. The molecule has 0 aliphatic rings. The van der Waals surface area contributed by atoms with E-state index < -0.39 is 12.0 Å². The summed E-state index contributed by atoms with van der Waals surface area (Å²) >= 11 is 2.17. The van der Waals surface area contributed by atoms with Crippen molar-refractivity contribution in [1.29, 1.82) is 0 Å². The van der Waals surface area contributed by atoms with Crippen molar-refractivity contribution in [2.24, 2.45) is 0 Å². The van der Waals surface area contributed by atoms with Crippen molar-refractivity contribution in [3.05, 3.63) is 68.3 Å². The van der Waals surface area contributed by atoms with Crippen molar-refractivity contribution in [3.8, 4) is 0 Å². The van der Waals surface area contributed by atoms with Crippen LogP contribution in [0.2, 0.25) is 0 Å². The lowest BCUT2D eigenvalue weighted by molar-refractivity contribution is -0.139. The summed E-state index contributed by atoms with van der Waals surface area (Å²) in [4.78, 5) is 23.9. The maximum absolute atomic E-state index is 12.4. The summed E-state index contributed by atoms with van der Waals surface area (Å²) in [6.07, 6.45) is 0.255. The molecule has 0 saturated heterocycles. The van der Waals surface area contributed by atoms with Crippen LogP contribution in [0.5, 0.6) is 0 Å². The molecule has 0 aromatic heterocycles. The molecule has 23 heavy (non-hydrogen) atoms. The summed E-state index contributed by atoms with van der Waals surface area (Å²) in [6, 6.07) is 12.1. The lowest BCUT2D eigenvalue weighted by Crippen LogP contribution is -2.42. The number of aryl methyl sites for hydroxylation is 2. The molecular weight excluding hydrogens is 405 g/mol. The number of hydrogen-bond donors (Lipinski definition) is 2. The number of carboxylic acid groups (broad SMARTS) is 1. The number of amides is 1. The highest BCUT2D eigenvalue weighted by atomic mass is 127. The number of nitrogens with one attached hydrogen (secondary N) is 1. The number of halogens is 1. The minimum absolute atomic E-state index is 0.255. The fraction of sp³-hybridized carbons (Fsp3) is 0.222. The van der Waals surface area contributed by atoms with Gasteiger partial charge in [0, 0.05) is 15.6 Å². The molecule has 2 rings (SSSR count). The van der Waals surface area contributed by atoms with Crippen LogP contribution in [0.15, 0.2) is 42.5 Å². The van der Waals surface area contributed by atoms with Crippen molar-refractivity contribution >= 4 is 34.5 Å². The molecule has 120 valence electrons. The van der Waals surface area contributed by atoms with Crippen LogP contribution in [0.3, 0.4) is 0 Å². The molecule has 0 aliphatic heterocycles. The molecule has 0 bridgehead atoms. The van der Waals surface area contributed by atoms with Crippen LogP contribution in [0.1, 0.15) is 27.0 Å². The van der Waals surface area contributed by atoms with E-state index in [0.29, 0.717) is 5.56 Å². The first-order valence-corrected chi connectivity index (χ1v) is 8.30. The summed E-state index contributed by atoms with van der Waals surface area (Å²) in [6.45, 7) is 3.82. The molecule has 2 aromatic rings. The van der Waals surface area contributed by atoms with Gasteiger partial charge in [0.1, 0.15) is 6.04 Å². The fourth-order valence-electron chi connectivity index (χ4n) is 2.43. The minimum atomic E-state index is -1.04. The van der Waals surface area contributed by atoms with Crippen LogP contribution >= 0.6 is 22.6 Å². The van der Waals surface area contributed by atoms with Crippen LogP contribution in [-0.4, -0.2) is 23.0 Å². The van der Waals surface area contributed by atoms with Crippen LogP contribution in [0.25, 0.3) is 0 Å². The second-order valence-corrected chi connectivity index (χ2v) is 6.70. The standard InChI is InChI=1S/C18H18INO3/c1-11-7-12(2)9-14(8-11)17(21)20-16(18(22)23)10-13-5-3-4-6-15(13)19/h3-9,16H,10H2,1-2H3,(H,20,21)(H,22,23)/t16-/m1/s1.